The summed E-state index contributed by atoms with van der Waals surface area (Å²) in [7, 11) is 0. The molecule has 1 atom stereocenters. The Balaban J connectivity index is 1.75. The van der Waals surface area contributed by atoms with E-state index in [0.29, 0.717) is 28.8 Å². The first kappa shape index (κ1) is 20.2. The van der Waals surface area contributed by atoms with Crippen LogP contribution in [0.5, 0.6) is 0 Å². The van der Waals surface area contributed by atoms with Crippen molar-refractivity contribution in [2.45, 2.75) is 33.6 Å². The highest BCUT2D eigenvalue weighted by atomic mass is 32.1. The predicted octanol–water partition coefficient (Wildman–Crippen LogP) is 3.85. The number of aromatic nitrogens is 1. The number of nitrogens with one attached hydrogen (secondary N) is 1. The Morgan fingerprint density at radius 2 is 1.93 bits per heavy atom. The molecule has 1 aliphatic heterocycles. The molecule has 1 fully saturated rings. The van der Waals surface area contributed by atoms with E-state index in [9.17, 15) is 14.4 Å². The largest absolute Gasteiger partial charge is 0.342 e. The van der Waals surface area contributed by atoms with Crippen molar-refractivity contribution in [3.05, 3.63) is 35.2 Å². The maximum absolute atomic E-state index is 12.8. The highest BCUT2D eigenvalue weighted by Gasteiger charge is 2.30. The molecule has 28 heavy (non-hydrogen) atoms. The van der Waals surface area contributed by atoms with Gasteiger partial charge in [-0.1, -0.05) is 55.5 Å². The first-order chi connectivity index (χ1) is 13.4. The van der Waals surface area contributed by atoms with E-state index in [1.165, 1.54) is 18.3 Å². The Morgan fingerprint density at radius 1 is 1.21 bits per heavy atom. The fourth-order valence-electron chi connectivity index (χ4n) is 3.37. The van der Waals surface area contributed by atoms with Crippen LogP contribution < -0.4 is 5.32 Å². The Bertz CT molecular complexity index is 876. The van der Waals surface area contributed by atoms with Crippen LogP contribution in [0.1, 0.15) is 43.3 Å². The van der Waals surface area contributed by atoms with E-state index >= 15 is 0 Å². The van der Waals surface area contributed by atoms with Crippen LogP contribution in [-0.2, 0) is 9.59 Å². The molecular weight excluding hydrogens is 374 g/mol. The van der Waals surface area contributed by atoms with Crippen LogP contribution in [0.3, 0.4) is 0 Å². The predicted molar refractivity (Wildman–Crippen MR) is 110 cm³/mol. The molecule has 1 aliphatic rings. The lowest BCUT2D eigenvalue weighted by atomic mass is 9.96. The average molecular weight is 400 g/mol. The molecule has 0 aliphatic carbocycles. The van der Waals surface area contributed by atoms with Gasteiger partial charge in [0.2, 0.25) is 11.8 Å². The number of carbonyl (C=O) groups is 3. The molecule has 0 radical (unpaired) electrons. The van der Waals surface area contributed by atoms with Gasteiger partial charge in [0, 0.05) is 31.5 Å². The van der Waals surface area contributed by atoms with E-state index in [4.69, 9.17) is 0 Å². The van der Waals surface area contributed by atoms with Crippen molar-refractivity contribution in [1.29, 1.82) is 0 Å². The summed E-state index contributed by atoms with van der Waals surface area (Å²) in [5.74, 6) is -0.487. The van der Waals surface area contributed by atoms with Crippen molar-refractivity contribution in [3.8, 4) is 11.3 Å². The summed E-state index contributed by atoms with van der Waals surface area (Å²) in [6, 6.07) is 9.46. The monoisotopic (exact) mass is 399 g/mol. The van der Waals surface area contributed by atoms with Crippen LogP contribution >= 0.6 is 11.3 Å². The van der Waals surface area contributed by atoms with E-state index in [1.807, 2.05) is 44.2 Å². The van der Waals surface area contributed by atoms with Gasteiger partial charge in [-0.3, -0.25) is 14.4 Å². The maximum atomic E-state index is 12.8. The molecule has 148 valence electrons. The number of rotatable bonds is 5. The summed E-state index contributed by atoms with van der Waals surface area (Å²) < 4.78 is 0. The normalized spacial score (nSPS) is 16.9. The SMILES string of the molecule is CC(=O)c1sc(NC(=O)[C@H]2CCCN(C(=O)C(C)C)C2)nc1-c1ccccc1. The van der Waals surface area contributed by atoms with Gasteiger partial charge in [0.1, 0.15) is 0 Å². The smallest absolute Gasteiger partial charge is 0.231 e. The number of piperidine rings is 1. The van der Waals surface area contributed by atoms with Gasteiger partial charge in [-0.2, -0.15) is 0 Å². The number of benzene rings is 1. The molecular formula is C21H25N3O3S. The van der Waals surface area contributed by atoms with Crippen LogP contribution in [0.4, 0.5) is 5.13 Å². The Labute approximate surface area is 169 Å². The summed E-state index contributed by atoms with van der Waals surface area (Å²) in [6.45, 7) is 6.37. The third kappa shape index (κ3) is 4.47. The molecule has 2 aromatic rings. The number of hydrogen-bond acceptors (Lipinski definition) is 5. The second-order valence-corrected chi connectivity index (χ2v) is 8.39. The first-order valence-electron chi connectivity index (χ1n) is 9.53. The number of likely N-dealkylation sites (tertiary alicyclic amines) is 1. The number of ketones is 1. The molecule has 1 saturated heterocycles. The Kier molecular flexibility index (Phi) is 6.24. The molecule has 2 heterocycles. The number of amides is 2. The zero-order chi connectivity index (χ0) is 20.3. The quantitative estimate of drug-likeness (QED) is 0.775. The molecule has 2 amide bonds. The molecule has 0 bridgehead atoms. The molecule has 3 rings (SSSR count). The van der Waals surface area contributed by atoms with Crippen LogP contribution in [0.2, 0.25) is 0 Å². The molecule has 0 spiro atoms. The van der Waals surface area contributed by atoms with Crippen LogP contribution in [0, 0.1) is 11.8 Å². The van der Waals surface area contributed by atoms with E-state index in [0.717, 1.165) is 18.4 Å². The van der Waals surface area contributed by atoms with Crippen molar-refractivity contribution in [2.24, 2.45) is 11.8 Å². The molecule has 1 aromatic carbocycles. The second kappa shape index (κ2) is 8.65. The topological polar surface area (TPSA) is 79.4 Å². The number of hydrogen-bond donors (Lipinski definition) is 1. The number of anilines is 1. The lowest BCUT2D eigenvalue weighted by molar-refractivity contribution is -0.137. The highest BCUT2D eigenvalue weighted by Crippen LogP contribution is 2.32. The summed E-state index contributed by atoms with van der Waals surface area (Å²) in [6.07, 6.45) is 1.55. The van der Waals surface area contributed by atoms with Gasteiger partial charge in [-0.15, -0.1) is 0 Å². The Morgan fingerprint density at radius 3 is 2.57 bits per heavy atom. The van der Waals surface area contributed by atoms with Gasteiger partial charge in [0.25, 0.3) is 0 Å². The minimum absolute atomic E-state index is 0.0765. The summed E-state index contributed by atoms with van der Waals surface area (Å²) >= 11 is 1.19. The molecule has 7 heteroatoms. The molecule has 1 N–H and O–H groups in total. The van der Waals surface area contributed by atoms with Crippen molar-refractivity contribution < 1.29 is 14.4 Å². The summed E-state index contributed by atoms with van der Waals surface area (Å²) in [5.41, 5.74) is 1.43. The number of thiazole rings is 1. The van der Waals surface area contributed by atoms with Crippen molar-refractivity contribution in [1.82, 2.24) is 9.88 Å². The van der Waals surface area contributed by atoms with Gasteiger partial charge in [-0.05, 0) is 12.8 Å². The molecule has 0 unspecified atom stereocenters. The molecule has 0 saturated carbocycles. The third-order valence-corrected chi connectivity index (χ3v) is 5.89. The van der Waals surface area contributed by atoms with Gasteiger partial charge in [0.15, 0.2) is 10.9 Å². The van der Waals surface area contributed by atoms with Gasteiger partial charge >= 0.3 is 0 Å². The van der Waals surface area contributed by atoms with Gasteiger partial charge < -0.3 is 10.2 Å². The van der Waals surface area contributed by atoms with Crippen LogP contribution in [0.25, 0.3) is 11.3 Å². The van der Waals surface area contributed by atoms with Gasteiger partial charge in [-0.25, -0.2) is 4.98 Å². The highest BCUT2D eigenvalue weighted by molar-refractivity contribution is 7.18. The van der Waals surface area contributed by atoms with Crippen molar-refractivity contribution in [2.75, 3.05) is 18.4 Å². The third-order valence-electron chi connectivity index (χ3n) is 4.82. The minimum atomic E-state index is -0.263. The second-order valence-electron chi connectivity index (χ2n) is 7.39. The van der Waals surface area contributed by atoms with E-state index < -0.39 is 0 Å². The average Bonchev–Trinajstić information content (AvgIpc) is 3.12. The first-order valence-corrected chi connectivity index (χ1v) is 10.3. The minimum Gasteiger partial charge on any atom is -0.342 e. The zero-order valence-electron chi connectivity index (χ0n) is 16.4. The summed E-state index contributed by atoms with van der Waals surface area (Å²) in [5, 5.41) is 3.28. The van der Waals surface area contributed by atoms with Crippen LogP contribution in [0.15, 0.2) is 30.3 Å². The number of nitrogens with zero attached hydrogens (tertiary/aromatic N) is 2. The maximum Gasteiger partial charge on any atom is 0.231 e. The van der Waals surface area contributed by atoms with Crippen LogP contribution in [-0.4, -0.2) is 40.6 Å². The standard InChI is InChI=1S/C21H25N3O3S/c1-13(2)20(27)24-11-7-10-16(12-24)19(26)23-21-22-17(18(28-21)14(3)25)15-8-5-4-6-9-15/h4-6,8-9,13,16H,7,10-12H2,1-3H3,(H,22,23,26)/t16-/m0/s1. The molecule has 6 nitrogen and oxygen atoms in total. The van der Waals surface area contributed by atoms with Crippen molar-refractivity contribution in [3.63, 3.8) is 0 Å². The Hall–Kier alpha value is -2.54. The fraction of sp³-hybridized carbons (Fsp3) is 0.429. The lowest BCUT2D eigenvalue weighted by Crippen LogP contribution is -2.45. The zero-order valence-corrected chi connectivity index (χ0v) is 17.2. The summed E-state index contributed by atoms with van der Waals surface area (Å²) in [4.78, 5) is 43.9. The number of carbonyl (C=O) groups excluding carboxylic acids is 3. The lowest BCUT2D eigenvalue weighted by Gasteiger charge is -2.33. The molecule has 1 aromatic heterocycles. The van der Waals surface area contributed by atoms with Crippen molar-refractivity contribution >= 4 is 34.1 Å². The fourth-order valence-corrected chi connectivity index (χ4v) is 4.25. The van der Waals surface area contributed by atoms with E-state index in [1.54, 1.807) is 4.90 Å². The van der Waals surface area contributed by atoms with Gasteiger partial charge in [0.05, 0.1) is 16.5 Å². The number of Topliss-reactive ketones (excluding diaryl/α,β-unsaturated/α-hetero) is 1. The van der Waals surface area contributed by atoms with E-state index in [2.05, 4.69) is 10.3 Å². The van der Waals surface area contributed by atoms with E-state index in [-0.39, 0.29) is 29.4 Å².